The third-order valence-electron chi connectivity index (χ3n) is 3.66. The lowest BCUT2D eigenvalue weighted by Gasteiger charge is -2.23. The van der Waals surface area contributed by atoms with Gasteiger partial charge in [-0.1, -0.05) is 19.3 Å². The molecule has 10 heteroatoms. The summed E-state index contributed by atoms with van der Waals surface area (Å²) < 4.78 is 88.3. The highest BCUT2D eigenvalue weighted by molar-refractivity contribution is 7.92. The fourth-order valence-electron chi connectivity index (χ4n) is 2.60. The first-order valence-corrected chi connectivity index (χ1v) is 9.62. The van der Waals surface area contributed by atoms with Crippen molar-refractivity contribution in [2.24, 2.45) is 0 Å². The zero-order valence-corrected chi connectivity index (χ0v) is 13.6. The van der Waals surface area contributed by atoms with E-state index in [-0.39, 0.29) is 0 Å². The van der Waals surface area contributed by atoms with Gasteiger partial charge in [0, 0.05) is 6.07 Å². The number of hydrogen-bond donors (Lipinski definition) is 1. The van der Waals surface area contributed by atoms with Gasteiger partial charge in [-0.15, -0.1) is 13.2 Å². The van der Waals surface area contributed by atoms with E-state index in [0.717, 1.165) is 18.6 Å². The lowest BCUT2D eigenvalue weighted by Crippen LogP contribution is -2.26. The van der Waals surface area contributed by atoms with Gasteiger partial charge < -0.3 is 4.74 Å². The summed E-state index contributed by atoms with van der Waals surface area (Å²) in [5, 5.41) is -0.779. The number of alkyl halides is 3. The Morgan fingerprint density at radius 1 is 1.09 bits per heavy atom. The molecule has 0 aromatic heterocycles. The van der Waals surface area contributed by atoms with Crippen LogP contribution in [0.5, 0.6) is 5.75 Å². The molecular weight excluding hydrogens is 357 g/mol. The summed E-state index contributed by atoms with van der Waals surface area (Å²) in [6.07, 6.45) is -2.14. The lowest BCUT2D eigenvalue weighted by molar-refractivity contribution is -0.275. The SMILES string of the molecule is O=[SH](=O)c1ccc(S(=O)(=O)C2CCCCC2)c(OC(F)(F)F)c1. The van der Waals surface area contributed by atoms with E-state index >= 15 is 0 Å². The van der Waals surface area contributed by atoms with Gasteiger partial charge in [0.1, 0.15) is 10.6 Å². The van der Waals surface area contributed by atoms with Crippen LogP contribution in [-0.2, 0) is 20.5 Å². The Hall–Kier alpha value is -1.29. The molecule has 0 atom stereocenters. The first-order valence-electron chi connectivity index (χ1n) is 6.89. The van der Waals surface area contributed by atoms with E-state index in [0.29, 0.717) is 31.7 Å². The molecule has 0 radical (unpaired) electrons. The third kappa shape index (κ3) is 4.37. The van der Waals surface area contributed by atoms with Crippen LogP contribution in [0.4, 0.5) is 13.2 Å². The minimum absolute atomic E-state index is 0.366. The summed E-state index contributed by atoms with van der Waals surface area (Å²) in [6, 6.07) is 2.42. The fraction of sp³-hybridized carbons (Fsp3) is 0.538. The van der Waals surface area contributed by atoms with Crippen LogP contribution in [0.3, 0.4) is 0 Å². The topological polar surface area (TPSA) is 77.5 Å². The second-order valence-electron chi connectivity index (χ2n) is 5.24. The van der Waals surface area contributed by atoms with Gasteiger partial charge in [0.25, 0.3) is 0 Å². The Bertz CT molecular complexity index is 739. The van der Waals surface area contributed by atoms with Crippen LogP contribution in [0.15, 0.2) is 28.0 Å². The maximum absolute atomic E-state index is 12.6. The predicted octanol–water partition coefficient (Wildman–Crippen LogP) is 2.66. The van der Waals surface area contributed by atoms with Crippen molar-refractivity contribution in [3.8, 4) is 5.75 Å². The molecule has 2 rings (SSSR count). The number of ether oxygens (including phenoxy) is 1. The molecule has 23 heavy (non-hydrogen) atoms. The van der Waals surface area contributed by atoms with Crippen molar-refractivity contribution < 1.29 is 34.7 Å². The van der Waals surface area contributed by atoms with Crippen LogP contribution in [0.1, 0.15) is 32.1 Å². The number of sulfone groups is 1. The molecule has 0 amide bonds. The van der Waals surface area contributed by atoms with Crippen molar-refractivity contribution in [2.75, 3.05) is 0 Å². The van der Waals surface area contributed by atoms with Crippen molar-refractivity contribution >= 4 is 20.5 Å². The van der Waals surface area contributed by atoms with Gasteiger partial charge in [0.15, 0.2) is 20.5 Å². The average molecular weight is 372 g/mol. The van der Waals surface area contributed by atoms with Gasteiger partial charge in [0.2, 0.25) is 0 Å². The summed E-state index contributed by atoms with van der Waals surface area (Å²) >= 11 is 0. The van der Waals surface area contributed by atoms with Crippen molar-refractivity contribution in [1.82, 2.24) is 0 Å². The van der Waals surface area contributed by atoms with Crippen molar-refractivity contribution in [2.45, 2.75) is 53.5 Å². The van der Waals surface area contributed by atoms with Crippen LogP contribution in [-0.4, -0.2) is 28.4 Å². The number of rotatable bonds is 4. The van der Waals surface area contributed by atoms with Gasteiger partial charge in [0.05, 0.1) is 10.1 Å². The van der Waals surface area contributed by atoms with Gasteiger partial charge in [-0.25, -0.2) is 16.8 Å². The summed E-state index contributed by atoms with van der Waals surface area (Å²) in [6.45, 7) is 0. The number of thiol groups is 1. The van der Waals surface area contributed by atoms with Crippen molar-refractivity contribution in [1.29, 1.82) is 0 Å². The van der Waals surface area contributed by atoms with Crippen LogP contribution in [0, 0.1) is 0 Å². The molecule has 0 saturated heterocycles. The molecule has 1 aliphatic rings. The molecule has 1 aromatic carbocycles. The number of halogens is 3. The van der Waals surface area contributed by atoms with Crippen LogP contribution in [0.2, 0.25) is 0 Å². The molecule has 1 aromatic rings. The minimum Gasteiger partial charge on any atom is -0.404 e. The molecule has 0 bridgehead atoms. The maximum Gasteiger partial charge on any atom is 0.573 e. The molecule has 0 unspecified atom stereocenters. The second kappa shape index (κ2) is 6.68. The predicted molar refractivity (Wildman–Crippen MR) is 75.8 cm³/mol. The first kappa shape index (κ1) is 18.1. The lowest BCUT2D eigenvalue weighted by atomic mass is 10.0. The standard InChI is InChI=1S/C13H15F3O5S2/c14-13(15,16)21-11-8-9(22(17)18)6-7-12(11)23(19,20)10-4-2-1-3-5-10/h6-8,10,22H,1-5H2. The van der Waals surface area contributed by atoms with E-state index in [1.807, 2.05) is 0 Å². The molecule has 1 saturated carbocycles. The molecule has 0 heterocycles. The molecule has 0 aliphatic heterocycles. The highest BCUT2D eigenvalue weighted by Crippen LogP contribution is 2.36. The van der Waals surface area contributed by atoms with Crippen LogP contribution >= 0.6 is 0 Å². The Kier molecular flexibility index (Phi) is 5.24. The van der Waals surface area contributed by atoms with E-state index in [9.17, 15) is 30.0 Å². The second-order valence-corrected chi connectivity index (χ2v) is 8.47. The normalized spacial score (nSPS) is 17.4. The molecule has 1 fully saturated rings. The van der Waals surface area contributed by atoms with E-state index in [2.05, 4.69) is 4.74 Å². The van der Waals surface area contributed by atoms with E-state index in [1.165, 1.54) is 0 Å². The fourth-order valence-corrected chi connectivity index (χ4v) is 4.98. The smallest absolute Gasteiger partial charge is 0.404 e. The summed E-state index contributed by atoms with van der Waals surface area (Å²) in [5.74, 6) is -1.00. The van der Waals surface area contributed by atoms with Crippen molar-refractivity contribution in [3.63, 3.8) is 0 Å². The quantitative estimate of drug-likeness (QED) is 0.823. The molecule has 5 nitrogen and oxygen atoms in total. The summed E-state index contributed by atoms with van der Waals surface area (Å²) in [5.41, 5.74) is 0. The maximum atomic E-state index is 12.6. The van der Waals surface area contributed by atoms with Gasteiger partial charge in [-0.2, -0.15) is 0 Å². The Labute approximate surface area is 133 Å². The zero-order valence-electron chi connectivity index (χ0n) is 11.9. The zero-order chi connectivity index (χ0) is 17.3. The highest BCUT2D eigenvalue weighted by atomic mass is 32.2. The average Bonchev–Trinajstić information content (AvgIpc) is 2.46. The molecule has 0 N–H and O–H groups in total. The Morgan fingerprint density at radius 2 is 1.70 bits per heavy atom. The van der Waals surface area contributed by atoms with Crippen LogP contribution < -0.4 is 4.74 Å². The van der Waals surface area contributed by atoms with Gasteiger partial charge >= 0.3 is 6.36 Å². The van der Waals surface area contributed by atoms with Gasteiger partial charge in [-0.3, -0.25) is 0 Å². The first-order chi connectivity index (χ1) is 10.6. The monoisotopic (exact) mass is 372 g/mol. The van der Waals surface area contributed by atoms with Crippen LogP contribution in [0.25, 0.3) is 0 Å². The number of benzene rings is 1. The Balaban J connectivity index is 2.51. The van der Waals surface area contributed by atoms with Crippen molar-refractivity contribution in [3.05, 3.63) is 18.2 Å². The third-order valence-corrected chi connectivity index (χ3v) is 6.66. The highest BCUT2D eigenvalue weighted by Gasteiger charge is 2.37. The summed E-state index contributed by atoms with van der Waals surface area (Å²) in [7, 11) is -7.19. The largest absolute Gasteiger partial charge is 0.573 e. The van der Waals surface area contributed by atoms with Gasteiger partial charge in [-0.05, 0) is 25.0 Å². The molecular formula is C13H15F3O5S2. The van der Waals surface area contributed by atoms with E-state index < -0.39 is 47.7 Å². The van der Waals surface area contributed by atoms with E-state index in [4.69, 9.17) is 0 Å². The molecule has 130 valence electrons. The molecule has 1 aliphatic carbocycles. The molecule has 0 spiro atoms. The van der Waals surface area contributed by atoms with E-state index in [1.54, 1.807) is 0 Å². The Morgan fingerprint density at radius 3 is 2.22 bits per heavy atom. The minimum atomic E-state index is -5.12. The summed E-state index contributed by atoms with van der Waals surface area (Å²) in [4.78, 5) is -1.07. The number of hydrogen-bond acceptors (Lipinski definition) is 5.